The van der Waals surface area contributed by atoms with E-state index in [0.29, 0.717) is 29.8 Å². The van der Waals surface area contributed by atoms with Crippen LogP contribution in [0.15, 0.2) is 67.3 Å². The van der Waals surface area contributed by atoms with Crippen LogP contribution in [0.25, 0.3) is 0 Å². The van der Waals surface area contributed by atoms with Crippen molar-refractivity contribution in [3.05, 3.63) is 72.8 Å². The van der Waals surface area contributed by atoms with Crippen molar-refractivity contribution in [2.45, 2.75) is 57.8 Å². The number of ether oxygens (including phenoxy) is 3. The molecule has 2 fully saturated rings. The van der Waals surface area contributed by atoms with Gasteiger partial charge in [-0.15, -0.1) is 0 Å². The summed E-state index contributed by atoms with van der Waals surface area (Å²) in [7, 11) is 0. The first kappa shape index (κ1) is 26.6. The SMILES string of the molecule is C=CC(=O)OCCc1ccc(OC(=O)C2CCC(C3CCC(C(=O)Oc4ccccc4)CC3)CC2)cc1. The normalized spacial score (nSPS) is 23.5. The first-order valence-corrected chi connectivity index (χ1v) is 13.4. The molecule has 0 radical (unpaired) electrons. The number of hydrogen-bond donors (Lipinski definition) is 0. The summed E-state index contributed by atoms with van der Waals surface area (Å²) in [6, 6.07) is 16.6. The van der Waals surface area contributed by atoms with Gasteiger partial charge in [-0.05, 0) is 93.0 Å². The molecule has 0 bridgehead atoms. The largest absolute Gasteiger partial charge is 0.462 e. The van der Waals surface area contributed by atoms with E-state index in [-0.39, 0.29) is 30.4 Å². The van der Waals surface area contributed by atoms with Gasteiger partial charge in [0.2, 0.25) is 0 Å². The molecule has 0 aliphatic heterocycles. The van der Waals surface area contributed by atoms with E-state index in [1.54, 1.807) is 12.1 Å². The van der Waals surface area contributed by atoms with Crippen molar-refractivity contribution >= 4 is 17.9 Å². The molecule has 2 aromatic rings. The van der Waals surface area contributed by atoms with E-state index in [0.717, 1.165) is 63.0 Å². The summed E-state index contributed by atoms with van der Waals surface area (Å²) in [6.07, 6.45) is 9.37. The maximum Gasteiger partial charge on any atom is 0.330 e. The second kappa shape index (κ2) is 13.2. The summed E-state index contributed by atoms with van der Waals surface area (Å²) in [5, 5.41) is 0. The van der Waals surface area contributed by atoms with Gasteiger partial charge in [-0.1, -0.05) is 36.9 Å². The lowest BCUT2D eigenvalue weighted by Gasteiger charge is -2.36. The number of benzene rings is 2. The molecule has 0 N–H and O–H groups in total. The first-order chi connectivity index (χ1) is 18.0. The second-order valence-electron chi connectivity index (χ2n) is 10.1. The Morgan fingerprint density at radius 3 is 1.68 bits per heavy atom. The van der Waals surface area contributed by atoms with Gasteiger partial charge in [-0.3, -0.25) is 9.59 Å². The molecule has 2 aliphatic rings. The van der Waals surface area contributed by atoms with Gasteiger partial charge in [0.25, 0.3) is 0 Å². The van der Waals surface area contributed by atoms with Crippen LogP contribution in [0.4, 0.5) is 0 Å². The fourth-order valence-corrected chi connectivity index (χ4v) is 5.59. The van der Waals surface area contributed by atoms with E-state index in [4.69, 9.17) is 14.2 Å². The van der Waals surface area contributed by atoms with Crippen LogP contribution < -0.4 is 9.47 Å². The average molecular weight is 505 g/mol. The molecule has 6 heteroatoms. The quantitative estimate of drug-likeness (QED) is 0.234. The van der Waals surface area contributed by atoms with Gasteiger partial charge >= 0.3 is 17.9 Å². The lowest BCUT2D eigenvalue weighted by molar-refractivity contribution is -0.142. The summed E-state index contributed by atoms with van der Waals surface area (Å²) < 4.78 is 16.2. The van der Waals surface area contributed by atoms with E-state index >= 15 is 0 Å². The van der Waals surface area contributed by atoms with Crippen molar-refractivity contribution < 1.29 is 28.6 Å². The van der Waals surface area contributed by atoms with Gasteiger partial charge in [0.1, 0.15) is 11.5 Å². The number of rotatable bonds is 9. The smallest absolute Gasteiger partial charge is 0.330 e. The Morgan fingerprint density at radius 2 is 1.19 bits per heavy atom. The van der Waals surface area contributed by atoms with Crippen LogP contribution in [0.1, 0.15) is 56.9 Å². The monoisotopic (exact) mass is 504 g/mol. The molecule has 2 saturated carbocycles. The van der Waals surface area contributed by atoms with E-state index < -0.39 is 5.97 Å². The van der Waals surface area contributed by atoms with Crippen LogP contribution in [0.5, 0.6) is 11.5 Å². The zero-order valence-corrected chi connectivity index (χ0v) is 21.3. The van der Waals surface area contributed by atoms with Crippen molar-refractivity contribution in [2.75, 3.05) is 6.61 Å². The van der Waals surface area contributed by atoms with Gasteiger partial charge in [-0.2, -0.15) is 0 Å². The van der Waals surface area contributed by atoms with E-state index in [9.17, 15) is 14.4 Å². The zero-order valence-electron chi connectivity index (χ0n) is 21.3. The van der Waals surface area contributed by atoms with E-state index in [1.807, 2.05) is 42.5 Å². The highest BCUT2D eigenvalue weighted by atomic mass is 16.5. The van der Waals surface area contributed by atoms with Gasteiger partial charge in [0.15, 0.2) is 0 Å². The molecule has 0 saturated heterocycles. The lowest BCUT2D eigenvalue weighted by atomic mass is 9.69. The molecule has 2 aromatic carbocycles. The standard InChI is InChI=1S/C31H36O6/c1-2-29(32)35-21-20-22-8-18-28(19-9-22)37-31(34)26-16-12-24(13-17-26)23-10-14-25(15-11-23)30(33)36-27-6-4-3-5-7-27/h2-9,18-19,23-26H,1,10-17,20-21H2. The Morgan fingerprint density at radius 1 is 0.703 bits per heavy atom. The predicted octanol–water partition coefficient (Wildman–Crippen LogP) is 6.08. The van der Waals surface area contributed by atoms with Crippen molar-refractivity contribution in [1.29, 1.82) is 0 Å². The molecule has 2 aliphatic carbocycles. The summed E-state index contributed by atoms with van der Waals surface area (Å²) in [5.41, 5.74) is 1.00. The molecule has 0 heterocycles. The maximum absolute atomic E-state index is 12.7. The van der Waals surface area contributed by atoms with Crippen LogP contribution >= 0.6 is 0 Å². The fraction of sp³-hybridized carbons (Fsp3) is 0.452. The molecule has 0 atom stereocenters. The number of carbonyl (C=O) groups excluding carboxylic acids is 3. The molecular weight excluding hydrogens is 468 g/mol. The van der Waals surface area contributed by atoms with Gasteiger partial charge in [0.05, 0.1) is 18.4 Å². The van der Waals surface area contributed by atoms with Crippen molar-refractivity contribution in [2.24, 2.45) is 23.7 Å². The molecule has 4 rings (SSSR count). The third kappa shape index (κ3) is 7.78. The third-order valence-corrected chi connectivity index (χ3v) is 7.78. The second-order valence-corrected chi connectivity index (χ2v) is 10.1. The van der Waals surface area contributed by atoms with Crippen LogP contribution in [0.2, 0.25) is 0 Å². The molecular formula is C31H36O6. The van der Waals surface area contributed by atoms with Gasteiger partial charge in [-0.25, -0.2) is 4.79 Å². The highest BCUT2D eigenvalue weighted by Gasteiger charge is 2.35. The number of carbonyl (C=O) groups is 3. The minimum absolute atomic E-state index is 0.0173. The molecule has 196 valence electrons. The maximum atomic E-state index is 12.7. The molecule has 37 heavy (non-hydrogen) atoms. The number of hydrogen-bond acceptors (Lipinski definition) is 6. The highest BCUT2D eigenvalue weighted by Crippen LogP contribution is 2.42. The summed E-state index contributed by atoms with van der Waals surface area (Å²) in [4.78, 5) is 36.4. The predicted molar refractivity (Wildman–Crippen MR) is 140 cm³/mol. The topological polar surface area (TPSA) is 78.9 Å². The summed E-state index contributed by atoms with van der Waals surface area (Å²) in [6.45, 7) is 3.66. The minimum Gasteiger partial charge on any atom is -0.462 e. The van der Waals surface area contributed by atoms with Crippen molar-refractivity contribution in [3.8, 4) is 11.5 Å². The molecule has 0 aromatic heterocycles. The van der Waals surface area contributed by atoms with E-state index in [1.165, 1.54) is 0 Å². The van der Waals surface area contributed by atoms with Crippen LogP contribution in [0, 0.1) is 23.7 Å². The van der Waals surface area contributed by atoms with Gasteiger partial charge < -0.3 is 14.2 Å². The van der Waals surface area contributed by atoms with E-state index in [2.05, 4.69) is 6.58 Å². The van der Waals surface area contributed by atoms with Crippen LogP contribution in [0.3, 0.4) is 0 Å². The Bertz CT molecular complexity index is 1040. The highest BCUT2D eigenvalue weighted by molar-refractivity contribution is 5.81. The molecule has 0 unspecified atom stereocenters. The fourth-order valence-electron chi connectivity index (χ4n) is 5.59. The van der Waals surface area contributed by atoms with Crippen LogP contribution in [-0.2, 0) is 25.5 Å². The lowest BCUT2D eigenvalue weighted by Crippen LogP contribution is -2.32. The summed E-state index contributed by atoms with van der Waals surface area (Å²) >= 11 is 0. The molecule has 0 amide bonds. The van der Waals surface area contributed by atoms with Gasteiger partial charge in [0, 0.05) is 12.5 Å². The number of esters is 3. The number of para-hydroxylation sites is 1. The van der Waals surface area contributed by atoms with Crippen LogP contribution in [-0.4, -0.2) is 24.5 Å². The minimum atomic E-state index is -0.434. The zero-order chi connectivity index (χ0) is 26.0. The van der Waals surface area contributed by atoms with Crippen molar-refractivity contribution in [3.63, 3.8) is 0 Å². The molecule has 0 spiro atoms. The molecule has 6 nitrogen and oxygen atoms in total. The Kier molecular flexibility index (Phi) is 9.52. The Balaban J connectivity index is 1.15. The summed E-state index contributed by atoms with van der Waals surface area (Å²) in [5.74, 6) is 1.61. The van der Waals surface area contributed by atoms with Crippen molar-refractivity contribution in [1.82, 2.24) is 0 Å². The third-order valence-electron chi connectivity index (χ3n) is 7.78. The first-order valence-electron chi connectivity index (χ1n) is 13.4. The Labute approximate surface area is 219 Å². The Hall–Kier alpha value is -3.41. The average Bonchev–Trinajstić information content (AvgIpc) is 2.94.